The van der Waals surface area contributed by atoms with Gasteiger partial charge in [0, 0.05) is 12.2 Å². The van der Waals surface area contributed by atoms with Crippen LogP contribution >= 0.6 is 0 Å². The van der Waals surface area contributed by atoms with Crippen molar-refractivity contribution < 1.29 is 14.3 Å². The minimum Gasteiger partial charge on any atom is -0.463 e. The van der Waals surface area contributed by atoms with Gasteiger partial charge in [0.25, 0.3) is 0 Å². The zero-order valence-corrected chi connectivity index (χ0v) is 13.6. The van der Waals surface area contributed by atoms with Gasteiger partial charge in [0.2, 0.25) is 0 Å². The Morgan fingerprint density at radius 3 is 2.50 bits per heavy atom. The van der Waals surface area contributed by atoms with Crippen LogP contribution in [0.4, 0.5) is 4.79 Å². The highest BCUT2D eigenvalue weighted by Gasteiger charge is 2.32. The van der Waals surface area contributed by atoms with Crippen molar-refractivity contribution >= 4 is 12.0 Å². The van der Waals surface area contributed by atoms with Crippen LogP contribution < -0.4 is 10.6 Å². The topological polar surface area (TPSA) is 70.7 Å². The Morgan fingerprint density at radius 2 is 1.91 bits per heavy atom. The zero-order chi connectivity index (χ0) is 15.9. The van der Waals surface area contributed by atoms with Gasteiger partial charge >= 0.3 is 12.0 Å². The van der Waals surface area contributed by atoms with E-state index >= 15 is 0 Å². The molecule has 6 heteroatoms. The number of nitrogens with zero attached hydrogens (tertiary/aromatic N) is 1. The molecule has 6 nitrogen and oxygen atoms in total. The Bertz CT molecular complexity index is 440. The van der Waals surface area contributed by atoms with E-state index < -0.39 is 0 Å². The SMILES string of the molecule is CCOC(=O)C1=C(CN2CCCCCC2)NC(=O)N[C@H]1CC. The number of carbonyl (C=O) groups excluding carboxylic acids is 2. The van der Waals surface area contributed by atoms with Gasteiger partial charge in [-0.2, -0.15) is 0 Å². The van der Waals surface area contributed by atoms with Gasteiger partial charge in [0.05, 0.1) is 18.2 Å². The number of amides is 2. The van der Waals surface area contributed by atoms with Crippen molar-refractivity contribution in [2.45, 2.75) is 52.0 Å². The second-order valence-corrected chi connectivity index (χ2v) is 5.86. The van der Waals surface area contributed by atoms with Crippen molar-refractivity contribution in [3.8, 4) is 0 Å². The first-order valence-corrected chi connectivity index (χ1v) is 8.35. The molecule has 2 aliphatic heterocycles. The molecule has 0 aliphatic carbocycles. The molecule has 2 heterocycles. The maximum atomic E-state index is 12.3. The van der Waals surface area contributed by atoms with Crippen LogP contribution in [0, 0.1) is 0 Å². The lowest BCUT2D eigenvalue weighted by Crippen LogP contribution is -2.52. The van der Waals surface area contributed by atoms with Crippen molar-refractivity contribution in [3.63, 3.8) is 0 Å². The van der Waals surface area contributed by atoms with Gasteiger partial charge in [-0.15, -0.1) is 0 Å². The third kappa shape index (κ3) is 4.22. The van der Waals surface area contributed by atoms with Crippen molar-refractivity contribution in [2.75, 3.05) is 26.2 Å². The highest BCUT2D eigenvalue weighted by molar-refractivity contribution is 5.94. The summed E-state index contributed by atoms with van der Waals surface area (Å²) < 4.78 is 5.19. The Kier molecular flexibility index (Phi) is 6.24. The molecule has 2 N–H and O–H groups in total. The smallest absolute Gasteiger partial charge is 0.337 e. The van der Waals surface area contributed by atoms with Crippen LogP contribution in [0.15, 0.2) is 11.3 Å². The summed E-state index contributed by atoms with van der Waals surface area (Å²) in [5.41, 5.74) is 1.28. The summed E-state index contributed by atoms with van der Waals surface area (Å²) in [6.07, 6.45) is 5.53. The molecule has 2 rings (SSSR count). The van der Waals surface area contributed by atoms with E-state index in [2.05, 4.69) is 15.5 Å². The fourth-order valence-electron chi connectivity index (χ4n) is 3.10. The quantitative estimate of drug-likeness (QED) is 0.759. The number of rotatable bonds is 5. The predicted molar refractivity (Wildman–Crippen MR) is 84.3 cm³/mol. The molecule has 2 amide bonds. The third-order valence-corrected chi connectivity index (χ3v) is 4.23. The van der Waals surface area contributed by atoms with E-state index in [-0.39, 0.29) is 18.0 Å². The number of hydrogen-bond acceptors (Lipinski definition) is 4. The number of carbonyl (C=O) groups is 2. The van der Waals surface area contributed by atoms with Crippen LogP contribution in [-0.4, -0.2) is 49.2 Å². The van der Waals surface area contributed by atoms with E-state index in [9.17, 15) is 9.59 Å². The summed E-state index contributed by atoms with van der Waals surface area (Å²) in [6, 6.07) is -0.500. The lowest BCUT2D eigenvalue weighted by Gasteiger charge is -2.31. The fourth-order valence-corrected chi connectivity index (χ4v) is 3.10. The number of esters is 1. The first-order chi connectivity index (χ1) is 10.7. The lowest BCUT2D eigenvalue weighted by atomic mass is 10.00. The van der Waals surface area contributed by atoms with Gasteiger partial charge in [-0.1, -0.05) is 19.8 Å². The molecule has 22 heavy (non-hydrogen) atoms. The number of ether oxygens (including phenoxy) is 1. The van der Waals surface area contributed by atoms with E-state index in [0.29, 0.717) is 30.8 Å². The molecule has 124 valence electrons. The summed E-state index contributed by atoms with van der Waals surface area (Å²) in [4.78, 5) is 26.5. The summed E-state index contributed by atoms with van der Waals surface area (Å²) in [5.74, 6) is -0.327. The Hall–Kier alpha value is -1.56. The molecule has 1 saturated heterocycles. The van der Waals surface area contributed by atoms with Crippen molar-refractivity contribution in [1.82, 2.24) is 15.5 Å². The van der Waals surface area contributed by atoms with E-state index in [0.717, 1.165) is 13.1 Å². The Balaban J connectivity index is 2.21. The molecule has 0 spiro atoms. The van der Waals surface area contributed by atoms with Gasteiger partial charge in [0.15, 0.2) is 0 Å². The number of hydrogen-bond donors (Lipinski definition) is 2. The molecule has 1 atom stereocenters. The first kappa shape index (κ1) is 16.8. The molecule has 0 unspecified atom stereocenters. The molecule has 0 bridgehead atoms. The minimum absolute atomic E-state index is 0.232. The lowest BCUT2D eigenvalue weighted by molar-refractivity contribution is -0.139. The second kappa shape index (κ2) is 8.17. The molecular weight excluding hydrogens is 282 g/mol. The molecule has 0 saturated carbocycles. The third-order valence-electron chi connectivity index (χ3n) is 4.23. The van der Waals surface area contributed by atoms with Crippen LogP contribution in [0.2, 0.25) is 0 Å². The molecule has 2 aliphatic rings. The number of urea groups is 1. The molecule has 0 aromatic rings. The van der Waals surface area contributed by atoms with E-state index in [1.807, 2.05) is 6.92 Å². The highest BCUT2D eigenvalue weighted by atomic mass is 16.5. The van der Waals surface area contributed by atoms with Crippen LogP contribution in [-0.2, 0) is 9.53 Å². The number of likely N-dealkylation sites (tertiary alicyclic amines) is 1. The molecule has 0 radical (unpaired) electrons. The maximum absolute atomic E-state index is 12.3. The summed E-state index contributed by atoms with van der Waals surface area (Å²) in [5, 5.41) is 5.63. The fraction of sp³-hybridized carbons (Fsp3) is 0.750. The predicted octanol–water partition coefficient (Wildman–Crippen LogP) is 1.77. The summed E-state index contributed by atoms with van der Waals surface area (Å²) >= 11 is 0. The van der Waals surface area contributed by atoms with Crippen molar-refractivity contribution in [1.29, 1.82) is 0 Å². The highest BCUT2D eigenvalue weighted by Crippen LogP contribution is 2.19. The zero-order valence-electron chi connectivity index (χ0n) is 13.6. The Morgan fingerprint density at radius 1 is 1.23 bits per heavy atom. The molecule has 1 fully saturated rings. The largest absolute Gasteiger partial charge is 0.463 e. The monoisotopic (exact) mass is 309 g/mol. The van der Waals surface area contributed by atoms with Crippen LogP contribution in [0.1, 0.15) is 46.0 Å². The standard InChI is InChI=1S/C16H27N3O3/c1-3-12-14(15(20)22-4-2)13(18-16(21)17-12)11-19-9-7-5-6-8-10-19/h12H,3-11H2,1-2H3,(H2,17,18,21)/t12-/m0/s1. The normalized spacial score (nSPS) is 23.5. The maximum Gasteiger partial charge on any atom is 0.337 e. The molecule has 0 aromatic heterocycles. The van der Waals surface area contributed by atoms with Gasteiger partial charge < -0.3 is 15.4 Å². The summed E-state index contributed by atoms with van der Waals surface area (Å²) in [6.45, 7) is 6.73. The average Bonchev–Trinajstić information content (AvgIpc) is 2.75. The molecular formula is C16H27N3O3. The minimum atomic E-state index is -0.327. The summed E-state index contributed by atoms with van der Waals surface area (Å²) in [7, 11) is 0. The molecule has 0 aromatic carbocycles. The second-order valence-electron chi connectivity index (χ2n) is 5.86. The van der Waals surface area contributed by atoms with Gasteiger partial charge in [-0.25, -0.2) is 9.59 Å². The van der Waals surface area contributed by atoms with Crippen LogP contribution in [0.5, 0.6) is 0 Å². The van der Waals surface area contributed by atoms with Crippen LogP contribution in [0.3, 0.4) is 0 Å². The average molecular weight is 309 g/mol. The van der Waals surface area contributed by atoms with Gasteiger partial charge in [-0.3, -0.25) is 4.90 Å². The van der Waals surface area contributed by atoms with Crippen molar-refractivity contribution in [2.24, 2.45) is 0 Å². The van der Waals surface area contributed by atoms with E-state index in [1.54, 1.807) is 6.92 Å². The van der Waals surface area contributed by atoms with Gasteiger partial charge in [-0.05, 0) is 39.3 Å². The number of nitrogens with one attached hydrogen (secondary N) is 2. The Labute approximate surface area is 132 Å². The van der Waals surface area contributed by atoms with Crippen LogP contribution in [0.25, 0.3) is 0 Å². The van der Waals surface area contributed by atoms with E-state index in [1.165, 1.54) is 25.7 Å². The first-order valence-electron chi connectivity index (χ1n) is 8.35. The van der Waals surface area contributed by atoms with Gasteiger partial charge in [0.1, 0.15) is 0 Å². The van der Waals surface area contributed by atoms with Crippen molar-refractivity contribution in [3.05, 3.63) is 11.3 Å². The van der Waals surface area contributed by atoms with E-state index in [4.69, 9.17) is 4.74 Å².